The Hall–Kier alpha value is -1.69. The molecule has 2 aromatic rings. The Balaban J connectivity index is 1.91. The van der Waals surface area contributed by atoms with Crippen molar-refractivity contribution >= 4 is 23.5 Å². The van der Waals surface area contributed by atoms with Crippen molar-refractivity contribution in [2.24, 2.45) is 0 Å². The molecular weight excluding hydrogens is 238 g/mol. The summed E-state index contributed by atoms with van der Waals surface area (Å²) in [5, 5.41) is 3.49. The number of nitrogens with one attached hydrogen (secondary N) is 1. The molecule has 5 nitrogen and oxygen atoms in total. The number of alkyl carbamates (subject to hydrolysis) is 1. The molecular formula is C11H13N3O2S. The summed E-state index contributed by atoms with van der Waals surface area (Å²) in [6, 6.07) is 5.93. The molecule has 0 bridgehead atoms. The van der Waals surface area contributed by atoms with Crippen LogP contribution in [-0.2, 0) is 4.74 Å². The zero-order valence-electron chi connectivity index (χ0n) is 9.42. The molecule has 2 rings (SSSR count). The van der Waals surface area contributed by atoms with E-state index >= 15 is 0 Å². The van der Waals surface area contributed by atoms with Gasteiger partial charge in [-0.05, 0) is 12.1 Å². The molecule has 0 fully saturated rings. The average Bonchev–Trinajstić information content (AvgIpc) is 2.83. The van der Waals surface area contributed by atoms with Gasteiger partial charge in [-0.1, -0.05) is 6.07 Å². The van der Waals surface area contributed by atoms with Crippen molar-refractivity contribution in [3.8, 4) is 0 Å². The van der Waals surface area contributed by atoms with E-state index in [2.05, 4.69) is 10.3 Å². The van der Waals surface area contributed by atoms with Crippen molar-refractivity contribution in [2.75, 3.05) is 19.4 Å². The maximum atomic E-state index is 10.8. The number of hydrogen-bond donors (Lipinski definition) is 1. The molecule has 0 saturated heterocycles. The SMILES string of the molecule is CNC(=O)OCCSc1cccc2nccn12. The Labute approximate surface area is 103 Å². The number of carbonyl (C=O) groups excluding carboxylic acids is 1. The van der Waals surface area contributed by atoms with Crippen molar-refractivity contribution in [2.45, 2.75) is 5.03 Å². The van der Waals surface area contributed by atoms with Crippen LogP contribution in [0.25, 0.3) is 5.65 Å². The highest BCUT2D eigenvalue weighted by molar-refractivity contribution is 7.99. The maximum Gasteiger partial charge on any atom is 0.406 e. The van der Waals surface area contributed by atoms with Gasteiger partial charge in [0.25, 0.3) is 0 Å². The molecule has 0 atom stereocenters. The minimum absolute atomic E-state index is 0.384. The van der Waals surface area contributed by atoms with E-state index in [1.807, 2.05) is 28.8 Å². The van der Waals surface area contributed by atoms with Crippen LogP contribution in [0.4, 0.5) is 4.79 Å². The summed E-state index contributed by atoms with van der Waals surface area (Å²) in [6.45, 7) is 0.384. The molecule has 0 saturated carbocycles. The van der Waals surface area contributed by atoms with Crippen molar-refractivity contribution in [3.05, 3.63) is 30.6 Å². The molecule has 0 aliphatic heterocycles. The summed E-state index contributed by atoms with van der Waals surface area (Å²) in [6.07, 6.45) is 3.28. The minimum Gasteiger partial charge on any atom is -0.449 e. The summed E-state index contributed by atoms with van der Waals surface area (Å²) in [5.41, 5.74) is 0.919. The van der Waals surface area contributed by atoms with Crippen LogP contribution in [0.3, 0.4) is 0 Å². The maximum absolute atomic E-state index is 10.8. The Morgan fingerprint density at radius 1 is 1.59 bits per heavy atom. The molecule has 2 heterocycles. The van der Waals surface area contributed by atoms with E-state index in [1.54, 1.807) is 25.0 Å². The fourth-order valence-corrected chi connectivity index (χ4v) is 2.24. The van der Waals surface area contributed by atoms with Gasteiger partial charge in [0.1, 0.15) is 12.3 Å². The van der Waals surface area contributed by atoms with Gasteiger partial charge in [0.2, 0.25) is 0 Å². The van der Waals surface area contributed by atoms with E-state index < -0.39 is 6.09 Å². The van der Waals surface area contributed by atoms with Gasteiger partial charge in [0.15, 0.2) is 0 Å². The fourth-order valence-electron chi connectivity index (χ4n) is 1.39. The zero-order valence-corrected chi connectivity index (χ0v) is 10.2. The van der Waals surface area contributed by atoms with Crippen molar-refractivity contribution < 1.29 is 9.53 Å². The Morgan fingerprint density at radius 3 is 3.29 bits per heavy atom. The molecule has 6 heteroatoms. The van der Waals surface area contributed by atoms with Gasteiger partial charge in [-0.3, -0.25) is 4.40 Å². The zero-order chi connectivity index (χ0) is 12.1. The van der Waals surface area contributed by atoms with E-state index in [1.165, 1.54) is 0 Å². The van der Waals surface area contributed by atoms with Crippen LogP contribution in [0.15, 0.2) is 35.6 Å². The number of ether oxygens (including phenoxy) is 1. The lowest BCUT2D eigenvalue weighted by Crippen LogP contribution is -2.20. The number of fused-ring (bicyclic) bond motifs is 1. The van der Waals surface area contributed by atoms with Crippen LogP contribution in [-0.4, -0.2) is 34.9 Å². The first-order chi connectivity index (χ1) is 8.31. The van der Waals surface area contributed by atoms with Crippen LogP contribution in [0.2, 0.25) is 0 Å². The third kappa shape index (κ3) is 2.91. The summed E-state index contributed by atoms with van der Waals surface area (Å²) in [5.74, 6) is 0.713. The first kappa shape index (κ1) is 11.8. The van der Waals surface area contributed by atoms with Gasteiger partial charge in [-0.2, -0.15) is 0 Å². The highest BCUT2D eigenvalue weighted by Crippen LogP contribution is 2.18. The monoisotopic (exact) mass is 251 g/mol. The van der Waals surface area contributed by atoms with Crippen LogP contribution in [0, 0.1) is 0 Å². The highest BCUT2D eigenvalue weighted by atomic mass is 32.2. The lowest BCUT2D eigenvalue weighted by Gasteiger charge is -2.05. The highest BCUT2D eigenvalue weighted by Gasteiger charge is 2.02. The quantitative estimate of drug-likeness (QED) is 0.665. The van der Waals surface area contributed by atoms with E-state index in [9.17, 15) is 4.79 Å². The van der Waals surface area contributed by atoms with Gasteiger partial charge >= 0.3 is 6.09 Å². The predicted octanol–water partition coefficient (Wildman–Crippen LogP) is 1.78. The first-order valence-corrected chi connectivity index (χ1v) is 6.19. The number of aromatic nitrogens is 2. The summed E-state index contributed by atoms with van der Waals surface area (Å²) < 4.78 is 6.92. The molecule has 2 aromatic heterocycles. The fraction of sp³-hybridized carbons (Fsp3) is 0.273. The second-order valence-corrected chi connectivity index (χ2v) is 4.37. The van der Waals surface area contributed by atoms with E-state index in [0.29, 0.717) is 12.4 Å². The Bertz CT molecular complexity index is 512. The number of nitrogens with zero attached hydrogens (tertiary/aromatic N) is 2. The topological polar surface area (TPSA) is 55.6 Å². The molecule has 0 spiro atoms. The van der Waals surface area contributed by atoms with Crippen LogP contribution in [0.5, 0.6) is 0 Å². The number of thioether (sulfide) groups is 1. The van der Waals surface area contributed by atoms with Gasteiger partial charge < -0.3 is 10.1 Å². The average molecular weight is 251 g/mol. The second-order valence-electron chi connectivity index (χ2n) is 3.25. The number of hydrogen-bond acceptors (Lipinski definition) is 4. The van der Waals surface area contributed by atoms with Gasteiger partial charge in [0, 0.05) is 25.2 Å². The van der Waals surface area contributed by atoms with Crippen LogP contribution in [0.1, 0.15) is 0 Å². The standard InChI is InChI=1S/C11H13N3O2S/c1-12-11(15)16-7-8-17-10-4-2-3-9-13-5-6-14(9)10/h2-6H,7-8H2,1H3,(H,12,15). The normalized spacial score (nSPS) is 10.4. The van der Waals surface area contributed by atoms with E-state index in [-0.39, 0.29) is 0 Å². The molecule has 1 N–H and O–H groups in total. The molecule has 0 aliphatic carbocycles. The third-order valence-electron chi connectivity index (χ3n) is 2.16. The Morgan fingerprint density at radius 2 is 2.47 bits per heavy atom. The summed E-state index contributed by atoms with van der Waals surface area (Å²) in [7, 11) is 1.54. The largest absolute Gasteiger partial charge is 0.449 e. The van der Waals surface area contributed by atoms with Crippen LogP contribution < -0.4 is 5.32 Å². The molecule has 1 amide bonds. The van der Waals surface area contributed by atoms with E-state index in [4.69, 9.17) is 4.74 Å². The van der Waals surface area contributed by atoms with Gasteiger partial charge in [0.05, 0.1) is 5.03 Å². The Kier molecular flexibility index (Phi) is 3.87. The molecule has 0 aromatic carbocycles. The minimum atomic E-state index is -0.397. The van der Waals surface area contributed by atoms with E-state index in [0.717, 1.165) is 10.7 Å². The molecule has 17 heavy (non-hydrogen) atoms. The van der Waals surface area contributed by atoms with Crippen molar-refractivity contribution in [1.29, 1.82) is 0 Å². The number of imidazole rings is 1. The van der Waals surface area contributed by atoms with Crippen molar-refractivity contribution in [3.63, 3.8) is 0 Å². The van der Waals surface area contributed by atoms with Gasteiger partial charge in [-0.25, -0.2) is 9.78 Å². The predicted molar refractivity (Wildman–Crippen MR) is 66.3 cm³/mol. The van der Waals surface area contributed by atoms with Gasteiger partial charge in [-0.15, -0.1) is 11.8 Å². The number of rotatable bonds is 4. The number of amides is 1. The molecule has 0 unspecified atom stereocenters. The van der Waals surface area contributed by atoms with Crippen molar-refractivity contribution in [1.82, 2.24) is 14.7 Å². The molecule has 0 aliphatic rings. The lowest BCUT2D eigenvalue weighted by molar-refractivity contribution is 0.155. The molecule has 90 valence electrons. The number of pyridine rings is 1. The third-order valence-corrected chi connectivity index (χ3v) is 3.16. The summed E-state index contributed by atoms with van der Waals surface area (Å²) >= 11 is 1.62. The summed E-state index contributed by atoms with van der Waals surface area (Å²) in [4.78, 5) is 15.0. The smallest absolute Gasteiger partial charge is 0.406 e. The number of carbonyl (C=O) groups is 1. The lowest BCUT2D eigenvalue weighted by atomic mass is 10.5. The first-order valence-electron chi connectivity index (χ1n) is 5.20. The van der Waals surface area contributed by atoms with Crippen LogP contribution >= 0.6 is 11.8 Å². The molecule has 0 radical (unpaired) electrons. The second kappa shape index (κ2) is 5.58.